The number of aliphatic carboxylic acids is 1. The predicted octanol–water partition coefficient (Wildman–Crippen LogP) is 2.91. The zero-order valence-electron chi connectivity index (χ0n) is 19.4. The van der Waals surface area contributed by atoms with E-state index in [1.807, 2.05) is 0 Å². The second-order valence-electron chi connectivity index (χ2n) is 9.02. The summed E-state index contributed by atoms with van der Waals surface area (Å²) in [6, 6.07) is 4.38. The Balaban J connectivity index is 0.000000426. The van der Waals surface area contributed by atoms with Gasteiger partial charge in [0.05, 0.1) is 5.56 Å². The van der Waals surface area contributed by atoms with Gasteiger partial charge in [-0.1, -0.05) is 29.3 Å². The summed E-state index contributed by atoms with van der Waals surface area (Å²) in [4.78, 5) is 39.7. The van der Waals surface area contributed by atoms with Gasteiger partial charge in [-0.2, -0.15) is 18.3 Å². The highest BCUT2D eigenvalue weighted by Crippen LogP contribution is 2.35. The molecule has 16 heteroatoms. The standard InChI is InChI=1S/C20H19Cl2FN6O2.C2HF3O2/c21-15-16(22)29-17(25-15)14(26-27-19(29)31)8-11-1-2-13(23)12(7-11)18(30)28-5-3-20(4-6-28)9-24-10-20;3-2(4,5)1(6)7/h1-2,7,24H,3-6,8-10H2,(H,27,31);(H,6,7). The zero-order chi connectivity index (χ0) is 27.8. The number of benzene rings is 1. The third-order valence-corrected chi connectivity index (χ3v) is 7.22. The number of aromatic nitrogens is 4. The van der Waals surface area contributed by atoms with Crippen LogP contribution in [0.1, 0.15) is 34.5 Å². The Morgan fingerprint density at radius 2 is 1.79 bits per heavy atom. The van der Waals surface area contributed by atoms with Crippen molar-refractivity contribution in [2.75, 3.05) is 26.2 Å². The molecule has 0 saturated carbocycles. The molecule has 2 aromatic heterocycles. The van der Waals surface area contributed by atoms with Crippen molar-refractivity contribution >= 4 is 40.7 Å². The van der Waals surface area contributed by atoms with Crippen LogP contribution in [0.3, 0.4) is 0 Å². The fraction of sp³-hybridized carbons (Fsp3) is 0.409. The van der Waals surface area contributed by atoms with Crippen LogP contribution in [0.4, 0.5) is 17.6 Å². The minimum Gasteiger partial charge on any atom is -0.475 e. The molecule has 2 aliphatic heterocycles. The van der Waals surface area contributed by atoms with Gasteiger partial charge in [-0.3, -0.25) is 4.79 Å². The number of carbonyl (C=O) groups is 2. The molecular formula is C22H20Cl2F4N6O4. The van der Waals surface area contributed by atoms with Crippen molar-refractivity contribution in [3.8, 4) is 0 Å². The Kier molecular flexibility index (Phi) is 7.68. The highest BCUT2D eigenvalue weighted by Gasteiger charge is 2.41. The average Bonchev–Trinajstić information content (AvgIpc) is 3.15. The third-order valence-electron chi connectivity index (χ3n) is 6.52. The number of hydrogen-bond acceptors (Lipinski definition) is 6. The molecular weight excluding hydrogens is 559 g/mol. The lowest BCUT2D eigenvalue weighted by Gasteiger charge is -2.48. The van der Waals surface area contributed by atoms with Crippen molar-refractivity contribution < 1.29 is 32.3 Å². The number of likely N-dealkylation sites (tertiary alicyclic amines) is 1. The first kappa shape index (κ1) is 27.8. The van der Waals surface area contributed by atoms with Crippen molar-refractivity contribution in [3.63, 3.8) is 0 Å². The Labute approximate surface area is 221 Å². The monoisotopic (exact) mass is 578 g/mol. The molecule has 1 spiro atoms. The maximum absolute atomic E-state index is 14.5. The summed E-state index contributed by atoms with van der Waals surface area (Å²) in [6.45, 7) is 3.22. The number of carboxylic acid groups (broad SMARTS) is 1. The number of rotatable bonds is 3. The fourth-order valence-electron chi connectivity index (χ4n) is 4.31. The van der Waals surface area contributed by atoms with E-state index in [1.165, 1.54) is 12.1 Å². The number of carbonyl (C=O) groups excluding carboxylic acids is 1. The molecule has 4 heterocycles. The molecule has 0 unspecified atom stereocenters. The van der Waals surface area contributed by atoms with Crippen LogP contribution < -0.4 is 11.0 Å². The second-order valence-corrected chi connectivity index (χ2v) is 9.73. The van der Waals surface area contributed by atoms with Crippen LogP contribution in [0.5, 0.6) is 0 Å². The van der Waals surface area contributed by atoms with E-state index in [-0.39, 0.29) is 33.8 Å². The van der Waals surface area contributed by atoms with Gasteiger partial charge < -0.3 is 15.3 Å². The number of piperidine rings is 1. The van der Waals surface area contributed by atoms with Crippen molar-refractivity contribution in [3.05, 3.63) is 61.6 Å². The Morgan fingerprint density at radius 1 is 1.16 bits per heavy atom. The molecule has 0 radical (unpaired) electrons. The van der Waals surface area contributed by atoms with Gasteiger partial charge in [0, 0.05) is 32.6 Å². The Bertz CT molecular complexity index is 1440. The van der Waals surface area contributed by atoms with Crippen LogP contribution >= 0.6 is 23.2 Å². The SMILES string of the molecule is O=C(O)C(F)(F)F.O=C(c1cc(Cc2n[nH]c(=O)n3c(Cl)c(Cl)nc23)ccc1F)N1CCC2(CC1)CNC2. The van der Waals surface area contributed by atoms with Gasteiger partial charge in [0.2, 0.25) is 0 Å². The first-order valence-electron chi connectivity index (χ1n) is 11.2. The highest BCUT2D eigenvalue weighted by atomic mass is 35.5. The molecule has 38 heavy (non-hydrogen) atoms. The van der Waals surface area contributed by atoms with Crippen LogP contribution in [0, 0.1) is 11.2 Å². The van der Waals surface area contributed by atoms with E-state index >= 15 is 0 Å². The van der Waals surface area contributed by atoms with Gasteiger partial charge in [0.1, 0.15) is 11.5 Å². The molecule has 2 fully saturated rings. The fourth-order valence-corrected chi connectivity index (χ4v) is 4.68. The van der Waals surface area contributed by atoms with Gasteiger partial charge >= 0.3 is 17.8 Å². The first-order chi connectivity index (χ1) is 17.8. The van der Waals surface area contributed by atoms with E-state index < -0.39 is 23.7 Å². The number of nitrogens with one attached hydrogen (secondary N) is 2. The topological polar surface area (TPSA) is 133 Å². The van der Waals surface area contributed by atoms with Gasteiger partial charge in [0.25, 0.3) is 5.91 Å². The summed E-state index contributed by atoms with van der Waals surface area (Å²) in [5, 5.41) is 16.8. The minimum absolute atomic E-state index is 0.0129. The molecule has 0 bridgehead atoms. The molecule has 3 N–H and O–H groups in total. The van der Waals surface area contributed by atoms with Crippen molar-refractivity contribution in [1.82, 2.24) is 29.8 Å². The van der Waals surface area contributed by atoms with Crippen molar-refractivity contribution in [2.45, 2.75) is 25.4 Å². The normalized spacial score (nSPS) is 16.6. The van der Waals surface area contributed by atoms with E-state index in [0.29, 0.717) is 29.8 Å². The molecule has 3 aromatic rings. The molecule has 0 atom stereocenters. The summed E-state index contributed by atoms with van der Waals surface area (Å²) in [5.41, 5.74) is 1.02. The maximum atomic E-state index is 14.5. The van der Waals surface area contributed by atoms with Crippen LogP contribution in [-0.2, 0) is 11.2 Å². The molecule has 0 aliphatic carbocycles. The van der Waals surface area contributed by atoms with Crippen LogP contribution in [-0.4, -0.2) is 73.8 Å². The number of halogens is 6. The summed E-state index contributed by atoms with van der Waals surface area (Å²) in [7, 11) is 0. The van der Waals surface area contributed by atoms with E-state index in [1.54, 1.807) is 11.0 Å². The Hall–Kier alpha value is -3.23. The quantitative estimate of drug-likeness (QED) is 0.407. The van der Waals surface area contributed by atoms with Crippen LogP contribution in [0.15, 0.2) is 23.0 Å². The molecule has 1 aromatic carbocycles. The third kappa shape index (κ3) is 5.61. The van der Waals surface area contributed by atoms with Gasteiger partial charge in [0.15, 0.2) is 16.0 Å². The van der Waals surface area contributed by atoms with E-state index in [9.17, 15) is 27.2 Å². The second kappa shape index (κ2) is 10.5. The Morgan fingerprint density at radius 3 is 2.34 bits per heavy atom. The number of fused-ring (bicyclic) bond motifs is 1. The molecule has 1 amide bonds. The van der Waals surface area contributed by atoms with Gasteiger partial charge in [-0.25, -0.2) is 28.5 Å². The number of aromatic amines is 1. The number of nitrogens with zero attached hydrogens (tertiary/aromatic N) is 4. The summed E-state index contributed by atoms with van der Waals surface area (Å²) in [5.74, 6) is -3.63. The summed E-state index contributed by atoms with van der Waals surface area (Å²) in [6.07, 6.45) is -3.03. The summed E-state index contributed by atoms with van der Waals surface area (Å²) >= 11 is 12.0. The number of alkyl halides is 3. The minimum atomic E-state index is -5.08. The van der Waals surface area contributed by atoms with E-state index in [0.717, 1.165) is 30.3 Å². The lowest BCUT2D eigenvalue weighted by molar-refractivity contribution is -0.192. The smallest absolute Gasteiger partial charge is 0.475 e. The molecule has 2 saturated heterocycles. The molecule has 2 aliphatic rings. The number of hydrogen-bond donors (Lipinski definition) is 3. The highest BCUT2D eigenvalue weighted by molar-refractivity contribution is 6.40. The van der Waals surface area contributed by atoms with Crippen LogP contribution in [0.25, 0.3) is 5.65 Å². The van der Waals surface area contributed by atoms with Crippen molar-refractivity contribution in [1.29, 1.82) is 0 Å². The van der Waals surface area contributed by atoms with Gasteiger partial charge in [-0.05, 0) is 36.0 Å². The lowest BCUT2D eigenvalue weighted by atomic mass is 9.73. The van der Waals surface area contributed by atoms with E-state index in [4.69, 9.17) is 33.1 Å². The number of carboxylic acids is 1. The first-order valence-corrected chi connectivity index (χ1v) is 12.0. The van der Waals surface area contributed by atoms with Crippen molar-refractivity contribution in [2.24, 2.45) is 5.41 Å². The number of imidazole rings is 1. The molecule has 204 valence electrons. The summed E-state index contributed by atoms with van der Waals surface area (Å²) < 4.78 is 47.4. The zero-order valence-corrected chi connectivity index (χ0v) is 20.9. The predicted molar refractivity (Wildman–Crippen MR) is 127 cm³/mol. The molecule has 10 nitrogen and oxygen atoms in total. The number of H-pyrrole nitrogens is 1. The van der Waals surface area contributed by atoms with Crippen LogP contribution in [0.2, 0.25) is 10.3 Å². The maximum Gasteiger partial charge on any atom is 0.490 e. The largest absolute Gasteiger partial charge is 0.490 e. The van der Waals surface area contributed by atoms with E-state index in [2.05, 4.69) is 20.5 Å². The average molecular weight is 579 g/mol. The lowest BCUT2D eigenvalue weighted by Crippen LogP contribution is -2.58. The van der Waals surface area contributed by atoms with Gasteiger partial charge in [-0.15, -0.1) is 0 Å². The number of amides is 1. The molecule has 5 rings (SSSR count).